The van der Waals surface area contributed by atoms with Crippen molar-refractivity contribution < 1.29 is 14.2 Å². The molecule has 0 spiro atoms. The number of anilines is 2. The van der Waals surface area contributed by atoms with E-state index in [1.165, 1.54) is 18.5 Å². The molecule has 0 bridgehead atoms. The van der Waals surface area contributed by atoms with Gasteiger partial charge in [-0.25, -0.2) is 19.3 Å². The van der Waals surface area contributed by atoms with Gasteiger partial charge in [0.25, 0.3) is 0 Å². The first-order valence-corrected chi connectivity index (χ1v) is 9.53. The third-order valence-electron chi connectivity index (χ3n) is 4.84. The molecule has 0 saturated carbocycles. The highest BCUT2D eigenvalue weighted by atomic mass is 19.1. The van der Waals surface area contributed by atoms with Crippen molar-refractivity contribution in [3.05, 3.63) is 66.4 Å². The molecule has 150 valence electrons. The smallest absolute Gasteiger partial charge is 0.219 e. The highest BCUT2D eigenvalue weighted by molar-refractivity contribution is 5.50. The van der Waals surface area contributed by atoms with Gasteiger partial charge in [-0.2, -0.15) is 0 Å². The van der Waals surface area contributed by atoms with E-state index >= 15 is 0 Å². The molecule has 1 fully saturated rings. The van der Waals surface area contributed by atoms with Gasteiger partial charge in [-0.3, -0.25) is 0 Å². The van der Waals surface area contributed by atoms with E-state index in [2.05, 4.69) is 25.2 Å². The first-order valence-electron chi connectivity index (χ1n) is 9.53. The number of nitrogens with zero attached hydrogens (tertiary/aromatic N) is 4. The second kappa shape index (κ2) is 8.83. The van der Waals surface area contributed by atoms with Gasteiger partial charge >= 0.3 is 0 Å². The number of halogens is 1. The summed E-state index contributed by atoms with van der Waals surface area (Å²) in [7, 11) is 0. The summed E-state index contributed by atoms with van der Waals surface area (Å²) in [6.07, 6.45) is 5.21. The quantitative estimate of drug-likeness (QED) is 0.634. The number of aliphatic hydroxyl groups is 1. The Morgan fingerprint density at radius 2 is 2.00 bits per heavy atom. The molecule has 29 heavy (non-hydrogen) atoms. The maximum absolute atomic E-state index is 13.0. The monoisotopic (exact) mass is 395 g/mol. The van der Waals surface area contributed by atoms with E-state index < -0.39 is 0 Å². The number of aliphatic hydroxyl groups excluding tert-OH is 1. The minimum atomic E-state index is -0.313. The minimum Gasteiger partial charge on any atom is -0.439 e. The van der Waals surface area contributed by atoms with Gasteiger partial charge in [0.15, 0.2) is 0 Å². The standard InChI is InChI=1S/C21H22FN5O2/c22-16-3-5-18(6-4-16)29-21-10-15(7-8-23-21)12-24-19-11-20(26-14-25-19)27-9-1-2-17(27)13-28/h3-8,10-11,14,17,28H,1-2,9,12-13H2,(H,24,25,26). The van der Waals surface area contributed by atoms with E-state index in [0.29, 0.717) is 24.0 Å². The Hall–Kier alpha value is -3.26. The highest BCUT2D eigenvalue weighted by Gasteiger charge is 2.25. The number of aromatic nitrogens is 3. The summed E-state index contributed by atoms with van der Waals surface area (Å²) in [5.41, 5.74) is 0.965. The number of benzene rings is 1. The van der Waals surface area contributed by atoms with E-state index in [4.69, 9.17) is 4.74 Å². The lowest BCUT2D eigenvalue weighted by Crippen LogP contribution is -2.32. The Bertz CT molecular complexity index is 954. The fraction of sp³-hybridized carbons (Fsp3) is 0.286. The highest BCUT2D eigenvalue weighted by Crippen LogP contribution is 2.25. The summed E-state index contributed by atoms with van der Waals surface area (Å²) in [4.78, 5) is 14.9. The topological polar surface area (TPSA) is 83.4 Å². The molecule has 1 aliphatic rings. The molecule has 3 aromatic rings. The molecule has 4 rings (SSSR count). The van der Waals surface area contributed by atoms with Crippen LogP contribution in [0.1, 0.15) is 18.4 Å². The largest absolute Gasteiger partial charge is 0.439 e. The van der Waals surface area contributed by atoms with Crippen LogP contribution in [-0.4, -0.2) is 39.3 Å². The molecule has 1 unspecified atom stereocenters. The van der Waals surface area contributed by atoms with Crippen molar-refractivity contribution >= 4 is 11.6 Å². The summed E-state index contributed by atoms with van der Waals surface area (Å²) in [6.45, 7) is 1.54. The molecular weight excluding hydrogens is 373 g/mol. The van der Waals surface area contributed by atoms with Crippen LogP contribution in [0.3, 0.4) is 0 Å². The van der Waals surface area contributed by atoms with Crippen molar-refractivity contribution in [2.24, 2.45) is 0 Å². The lowest BCUT2D eigenvalue weighted by molar-refractivity contribution is 0.266. The van der Waals surface area contributed by atoms with Gasteiger partial charge in [0.05, 0.1) is 12.6 Å². The summed E-state index contributed by atoms with van der Waals surface area (Å²) < 4.78 is 18.7. The van der Waals surface area contributed by atoms with Crippen LogP contribution in [0.2, 0.25) is 0 Å². The zero-order valence-electron chi connectivity index (χ0n) is 15.8. The Morgan fingerprint density at radius 3 is 2.83 bits per heavy atom. The van der Waals surface area contributed by atoms with Crippen molar-refractivity contribution in [2.75, 3.05) is 23.4 Å². The van der Waals surface area contributed by atoms with Crippen molar-refractivity contribution in [2.45, 2.75) is 25.4 Å². The van der Waals surface area contributed by atoms with Crippen LogP contribution >= 0.6 is 0 Å². The van der Waals surface area contributed by atoms with Crippen molar-refractivity contribution in [3.63, 3.8) is 0 Å². The Kier molecular flexibility index (Phi) is 5.81. The molecular formula is C21H22FN5O2. The normalized spacial score (nSPS) is 16.1. The van der Waals surface area contributed by atoms with Gasteiger partial charge < -0.3 is 20.1 Å². The summed E-state index contributed by atoms with van der Waals surface area (Å²) >= 11 is 0. The fourth-order valence-corrected chi connectivity index (χ4v) is 3.36. The van der Waals surface area contributed by atoms with E-state index in [-0.39, 0.29) is 18.5 Å². The van der Waals surface area contributed by atoms with Gasteiger partial charge in [0.2, 0.25) is 5.88 Å². The van der Waals surface area contributed by atoms with E-state index in [0.717, 1.165) is 30.8 Å². The van der Waals surface area contributed by atoms with Crippen LogP contribution in [0.15, 0.2) is 55.0 Å². The predicted molar refractivity (Wildman–Crippen MR) is 108 cm³/mol. The average molecular weight is 395 g/mol. The van der Waals surface area contributed by atoms with Gasteiger partial charge in [-0.05, 0) is 48.7 Å². The molecule has 1 atom stereocenters. The summed E-state index contributed by atoms with van der Waals surface area (Å²) in [5.74, 6) is 2.16. The molecule has 1 saturated heterocycles. The second-order valence-corrected chi connectivity index (χ2v) is 6.85. The van der Waals surface area contributed by atoms with Gasteiger partial charge in [-0.15, -0.1) is 0 Å². The molecule has 2 aromatic heterocycles. The van der Waals surface area contributed by atoms with E-state index in [9.17, 15) is 9.50 Å². The zero-order valence-corrected chi connectivity index (χ0v) is 15.8. The first-order chi connectivity index (χ1) is 14.2. The first kappa shape index (κ1) is 19.1. The van der Waals surface area contributed by atoms with Crippen molar-refractivity contribution in [1.29, 1.82) is 0 Å². The minimum absolute atomic E-state index is 0.115. The van der Waals surface area contributed by atoms with Gasteiger partial charge in [0.1, 0.15) is 29.5 Å². The molecule has 1 aliphatic heterocycles. The number of hydrogen-bond acceptors (Lipinski definition) is 7. The number of pyridine rings is 1. The Labute approximate surface area is 168 Å². The predicted octanol–water partition coefficient (Wildman–Crippen LogP) is 3.38. The third kappa shape index (κ3) is 4.78. The van der Waals surface area contributed by atoms with E-state index in [1.54, 1.807) is 18.3 Å². The van der Waals surface area contributed by atoms with Crippen molar-refractivity contribution in [1.82, 2.24) is 15.0 Å². The molecule has 0 radical (unpaired) electrons. The van der Waals surface area contributed by atoms with Crippen LogP contribution in [0.25, 0.3) is 0 Å². The average Bonchev–Trinajstić information content (AvgIpc) is 3.23. The van der Waals surface area contributed by atoms with Crippen LogP contribution < -0.4 is 15.0 Å². The number of nitrogens with one attached hydrogen (secondary N) is 1. The SMILES string of the molecule is OCC1CCCN1c1cc(NCc2ccnc(Oc3ccc(F)cc3)c2)ncn1. The van der Waals surface area contributed by atoms with Crippen LogP contribution in [0.4, 0.5) is 16.0 Å². The number of hydrogen-bond donors (Lipinski definition) is 2. The fourth-order valence-electron chi connectivity index (χ4n) is 3.36. The molecule has 3 heterocycles. The molecule has 0 aliphatic carbocycles. The molecule has 7 nitrogen and oxygen atoms in total. The summed E-state index contributed by atoms with van der Waals surface area (Å²) in [5, 5.41) is 12.8. The third-order valence-corrected chi connectivity index (χ3v) is 4.84. The number of ether oxygens (including phenoxy) is 1. The van der Waals surface area contributed by atoms with E-state index in [1.807, 2.05) is 18.2 Å². The second-order valence-electron chi connectivity index (χ2n) is 6.85. The lowest BCUT2D eigenvalue weighted by atomic mass is 10.2. The van der Waals surface area contributed by atoms with Crippen LogP contribution in [-0.2, 0) is 6.54 Å². The van der Waals surface area contributed by atoms with Gasteiger partial charge in [0, 0.05) is 31.4 Å². The molecule has 8 heteroatoms. The zero-order chi connectivity index (χ0) is 20.1. The van der Waals surface area contributed by atoms with Crippen LogP contribution in [0.5, 0.6) is 11.6 Å². The molecule has 2 N–H and O–H groups in total. The molecule has 1 aromatic carbocycles. The van der Waals surface area contributed by atoms with Crippen molar-refractivity contribution in [3.8, 4) is 11.6 Å². The summed E-state index contributed by atoms with van der Waals surface area (Å²) in [6, 6.07) is 11.5. The number of rotatable bonds is 7. The molecule has 0 amide bonds. The Morgan fingerprint density at radius 1 is 1.14 bits per heavy atom. The lowest BCUT2D eigenvalue weighted by Gasteiger charge is -2.24. The van der Waals surface area contributed by atoms with Crippen LogP contribution in [0, 0.1) is 5.82 Å². The Balaban J connectivity index is 1.40. The maximum atomic E-state index is 13.0. The van der Waals surface area contributed by atoms with Gasteiger partial charge in [-0.1, -0.05) is 0 Å². The maximum Gasteiger partial charge on any atom is 0.219 e.